The number of sulfonamides is 1. The van der Waals surface area contributed by atoms with Crippen molar-refractivity contribution >= 4 is 33.0 Å². The van der Waals surface area contributed by atoms with Crippen LogP contribution < -0.4 is 5.32 Å². The highest BCUT2D eigenvalue weighted by atomic mass is 35.5. The molecule has 2 aliphatic rings. The Balaban J connectivity index is 1.87. The first-order chi connectivity index (χ1) is 10.0. The highest BCUT2D eigenvalue weighted by Gasteiger charge is 2.40. The number of piperidine rings is 1. The predicted octanol–water partition coefficient (Wildman–Crippen LogP) is 3.09. The molecule has 4 nitrogen and oxygen atoms in total. The van der Waals surface area contributed by atoms with Crippen LogP contribution >= 0.6 is 22.9 Å². The van der Waals surface area contributed by atoms with Gasteiger partial charge in [-0.2, -0.15) is 4.31 Å². The molecule has 0 spiro atoms. The van der Waals surface area contributed by atoms with Gasteiger partial charge in [-0.1, -0.05) is 18.5 Å². The van der Waals surface area contributed by atoms with Crippen LogP contribution in [0, 0.1) is 0 Å². The molecule has 2 unspecified atom stereocenters. The van der Waals surface area contributed by atoms with Gasteiger partial charge in [0.25, 0.3) is 10.0 Å². The fraction of sp³-hybridized carbons (Fsp3) is 0.714. The molecular formula is C14H21ClN2O2S2. The molecule has 21 heavy (non-hydrogen) atoms. The lowest BCUT2D eigenvalue weighted by Crippen LogP contribution is -2.50. The highest BCUT2D eigenvalue weighted by molar-refractivity contribution is 7.91. The van der Waals surface area contributed by atoms with Crippen LogP contribution in [-0.2, 0) is 10.0 Å². The fourth-order valence-corrected chi connectivity index (χ4v) is 6.88. The van der Waals surface area contributed by atoms with E-state index < -0.39 is 10.0 Å². The maximum absolute atomic E-state index is 12.9. The summed E-state index contributed by atoms with van der Waals surface area (Å²) in [6, 6.07) is 4.37. The van der Waals surface area contributed by atoms with E-state index in [2.05, 4.69) is 5.32 Å². The summed E-state index contributed by atoms with van der Waals surface area (Å²) in [5, 5.41) is 3.57. The summed E-state index contributed by atoms with van der Waals surface area (Å²) in [5.41, 5.74) is 0. The van der Waals surface area contributed by atoms with Crippen LogP contribution in [0.3, 0.4) is 0 Å². The summed E-state index contributed by atoms with van der Waals surface area (Å²) in [4.78, 5) is 0. The Labute approximate surface area is 135 Å². The van der Waals surface area contributed by atoms with E-state index in [-0.39, 0.29) is 6.04 Å². The molecule has 1 aromatic heterocycles. The Morgan fingerprint density at radius 1 is 1.33 bits per heavy atom. The predicted molar refractivity (Wildman–Crippen MR) is 86.5 cm³/mol. The number of hydrogen-bond donors (Lipinski definition) is 1. The normalized spacial score (nSPS) is 29.2. The van der Waals surface area contributed by atoms with Crippen LogP contribution in [0.15, 0.2) is 16.3 Å². The first-order valence-electron chi connectivity index (χ1n) is 7.54. The number of fused-ring (bicyclic) bond motifs is 2. The minimum absolute atomic E-state index is 0.120. The third-order valence-corrected chi connectivity index (χ3v) is 8.06. The fourth-order valence-electron chi connectivity index (χ4n) is 3.53. The lowest BCUT2D eigenvalue weighted by atomic mass is 10.00. The SMILES string of the molecule is CCCN(C1CC2CCC(C1)N2)S(=O)(=O)c1ccc(Cl)s1. The number of nitrogens with one attached hydrogen (secondary N) is 1. The Hall–Kier alpha value is -0.140. The van der Waals surface area contributed by atoms with Gasteiger partial charge < -0.3 is 5.32 Å². The van der Waals surface area contributed by atoms with E-state index in [1.54, 1.807) is 16.4 Å². The van der Waals surface area contributed by atoms with E-state index in [9.17, 15) is 8.42 Å². The van der Waals surface area contributed by atoms with Crippen molar-refractivity contribution in [2.45, 2.75) is 61.4 Å². The molecule has 2 bridgehead atoms. The lowest BCUT2D eigenvalue weighted by Gasteiger charge is -2.36. The molecule has 3 heterocycles. The molecular weight excluding hydrogens is 328 g/mol. The van der Waals surface area contributed by atoms with Crippen molar-refractivity contribution in [1.29, 1.82) is 0 Å². The van der Waals surface area contributed by atoms with Crippen LogP contribution in [0.1, 0.15) is 39.0 Å². The van der Waals surface area contributed by atoms with E-state index in [1.165, 1.54) is 12.8 Å². The first kappa shape index (κ1) is 15.7. The molecule has 3 rings (SSSR count). The van der Waals surface area contributed by atoms with Crippen LogP contribution in [0.25, 0.3) is 0 Å². The Kier molecular flexibility index (Phi) is 4.62. The smallest absolute Gasteiger partial charge is 0.252 e. The minimum Gasteiger partial charge on any atom is -0.311 e. The van der Waals surface area contributed by atoms with Crippen LogP contribution in [0.5, 0.6) is 0 Å². The molecule has 0 saturated carbocycles. The summed E-state index contributed by atoms with van der Waals surface area (Å²) < 4.78 is 28.5. The van der Waals surface area contributed by atoms with Crippen molar-refractivity contribution in [2.75, 3.05) is 6.54 Å². The van der Waals surface area contributed by atoms with Gasteiger partial charge in [-0.25, -0.2) is 8.42 Å². The second kappa shape index (κ2) is 6.16. The molecule has 0 aromatic carbocycles. The van der Waals surface area contributed by atoms with Crippen molar-refractivity contribution in [3.05, 3.63) is 16.5 Å². The zero-order chi connectivity index (χ0) is 15.0. The van der Waals surface area contributed by atoms with Gasteiger partial charge >= 0.3 is 0 Å². The molecule has 2 aliphatic heterocycles. The second-order valence-corrected chi connectivity index (χ2v) is 9.77. The molecule has 2 fully saturated rings. The number of nitrogens with zero attached hydrogens (tertiary/aromatic N) is 1. The van der Waals surface area contributed by atoms with Crippen LogP contribution in [0.4, 0.5) is 0 Å². The molecule has 1 aromatic rings. The van der Waals surface area contributed by atoms with Gasteiger partial charge in [0.1, 0.15) is 4.21 Å². The van der Waals surface area contributed by atoms with E-state index in [0.717, 1.165) is 30.6 Å². The summed E-state index contributed by atoms with van der Waals surface area (Å²) in [6.45, 7) is 2.61. The second-order valence-electron chi connectivity index (χ2n) is 5.94. The summed E-state index contributed by atoms with van der Waals surface area (Å²) in [5.74, 6) is 0. The number of halogens is 1. The van der Waals surface area contributed by atoms with Crippen molar-refractivity contribution in [3.8, 4) is 0 Å². The van der Waals surface area contributed by atoms with Gasteiger partial charge in [0.2, 0.25) is 0 Å². The van der Waals surface area contributed by atoms with Gasteiger partial charge in [-0.3, -0.25) is 0 Å². The van der Waals surface area contributed by atoms with Gasteiger partial charge in [0.15, 0.2) is 0 Å². The first-order valence-corrected chi connectivity index (χ1v) is 10.2. The molecule has 1 N–H and O–H groups in total. The number of thiophene rings is 1. The average molecular weight is 349 g/mol. The standard InChI is InChI=1S/C14H21ClN2O2S2/c1-2-7-17(12-8-10-3-4-11(9-12)16-10)21(18,19)14-6-5-13(15)20-14/h5-6,10-12,16H,2-4,7-9H2,1H3. The molecule has 0 radical (unpaired) electrons. The molecule has 7 heteroatoms. The summed E-state index contributed by atoms with van der Waals surface area (Å²) in [7, 11) is -3.42. The maximum atomic E-state index is 12.9. The van der Waals surface area contributed by atoms with Crippen LogP contribution in [0.2, 0.25) is 4.34 Å². The third kappa shape index (κ3) is 3.15. The molecule has 2 saturated heterocycles. The number of hydrogen-bond acceptors (Lipinski definition) is 4. The summed E-state index contributed by atoms with van der Waals surface area (Å²) >= 11 is 7.07. The Morgan fingerprint density at radius 2 is 2.00 bits per heavy atom. The van der Waals surface area contributed by atoms with Gasteiger partial charge in [0, 0.05) is 24.7 Å². The monoisotopic (exact) mass is 348 g/mol. The van der Waals surface area contributed by atoms with Crippen molar-refractivity contribution in [1.82, 2.24) is 9.62 Å². The summed E-state index contributed by atoms with van der Waals surface area (Å²) in [6.07, 6.45) is 5.03. The zero-order valence-electron chi connectivity index (χ0n) is 12.1. The van der Waals surface area contributed by atoms with E-state index in [0.29, 0.717) is 27.2 Å². The zero-order valence-corrected chi connectivity index (χ0v) is 14.5. The van der Waals surface area contributed by atoms with E-state index >= 15 is 0 Å². The van der Waals surface area contributed by atoms with Crippen LogP contribution in [-0.4, -0.2) is 37.4 Å². The van der Waals surface area contributed by atoms with E-state index in [4.69, 9.17) is 11.6 Å². The topological polar surface area (TPSA) is 49.4 Å². The third-order valence-electron chi connectivity index (χ3n) is 4.41. The Morgan fingerprint density at radius 3 is 2.52 bits per heavy atom. The van der Waals surface area contributed by atoms with Gasteiger partial charge in [-0.05, 0) is 44.2 Å². The number of rotatable bonds is 5. The largest absolute Gasteiger partial charge is 0.311 e. The highest BCUT2D eigenvalue weighted by Crippen LogP contribution is 2.35. The maximum Gasteiger partial charge on any atom is 0.252 e. The molecule has 0 aliphatic carbocycles. The quantitative estimate of drug-likeness (QED) is 0.889. The average Bonchev–Trinajstić information content (AvgIpc) is 3.02. The van der Waals surface area contributed by atoms with Crippen molar-refractivity contribution in [2.24, 2.45) is 0 Å². The van der Waals surface area contributed by atoms with E-state index in [1.807, 2.05) is 6.92 Å². The molecule has 118 valence electrons. The Bertz CT molecular complexity index is 590. The van der Waals surface area contributed by atoms with Crippen molar-refractivity contribution < 1.29 is 8.42 Å². The molecule has 2 atom stereocenters. The van der Waals surface area contributed by atoms with Gasteiger partial charge in [-0.15, -0.1) is 11.3 Å². The van der Waals surface area contributed by atoms with Crippen molar-refractivity contribution in [3.63, 3.8) is 0 Å². The minimum atomic E-state index is -3.42. The molecule has 0 amide bonds. The van der Waals surface area contributed by atoms with Gasteiger partial charge in [0.05, 0.1) is 4.34 Å². The lowest BCUT2D eigenvalue weighted by molar-refractivity contribution is 0.226.